The van der Waals surface area contributed by atoms with Crippen LogP contribution in [0.4, 0.5) is 10.1 Å². The molecule has 7 heteroatoms. The van der Waals surface area contributed by atoms with Gasteiger partial charge in [-0.15, -0.1) is 0 Å². The zero-order chi connectivity index (χ0) is 15.6. The van der Waals surface area contributed by atoms with Crippen molar-refractivity contribution in [2.24, 2.45) is 0 Å². The SMILES string of the molecule is CCOC(=O)c1cn(N)c(C#N)c1-c1ccc(N)c(F)c1. The Kier molecular flexibility index (Phi) is 3.80. The third kappa shape index (κ3) is 2.51. The van der Waals surface area contributed by atoms with Crippen molar-refractivity contribution in [2.45, 2.75) is 6.92 Å². The summed E-state index contributed by atoms with van der Waals surface area (Å²) in [6, 6.07) is 5.90. The minimum absolute atomic E-state index is 0.0258. The number of rotatable bonds is 3. The van der Waals surface area contributed by atoms with E-state index < -0.39 is 11.8 Å². The molecule has 2 aromatic rings. The lowest BCUT2D eigenvalue weighted by molar-refractivity contribution is 0.0527. The molecule has 0 aliphatic heterocycles. The fourth-order valence-electron chi connectivity index (χ4n) is 1.98. The number of ether oxygens (including phenoxy) is 1. The molecule has 21 heavy (non-hydrogen) atoms. The summed E-state index contributed by atoms with van der Waals surface area (Å²) in [5.41, 5.74) is 6.07. The molecule has 1 aromatic heterocycles. The van der Waals surface area contributed by atoms with Gasteiger partial charge in [-0.05, 0) is 24.6 Å². The minimum Gasteiger partial charge on any atom is -0.462 e. The van der Waals surface area contributed by atoms with E-state index in [0.29, 0.717) is 5.56 Å². The van der Waals surface area contributed by atoms with Crippen LogP contribution < -0.4 is 11.6 Å². The number of esters is 1. The molecular formula is C14H13FN4O2. The number of carbonyl (C=O) groups excluding carboxylic acids is 1. The molecule has 0 spiro atoms. The van der Waals surface area contributed by atoms with Crippen LogP contribution in [0.3, 0.4) is 0 Å². The monoisotopic (exact) mass is 288 g/mol. The molecule has 0 atom stereocenters. The summed E-state index contributed by atoms with van der Waals surface area (Å²) in [7, 11) is 0. The number of halogens is 1. The van der Waals surface area contributed by atoms with E-state index >= 15 is 0 Å². The normalized spacial score (nSPS) is 10.1. The first-order valence-electron chi connectivity index (χ1n) is 6.12. The second-order valence-corrected chi connectivity index (χ2v) is 4.24. The maximum absolute atomic E-state index is 13.6. The van der Waals surface area contributed by atoms with Crippen molar-refractivity contribution in [3.05, 3.63) is 41.5 Å². The van der Waals surface area contributed by atoms with Crippen molar-refractivity contribution in [3.63, 3.8) is 0 Å². The predicted molar refractivity (Wildman–Crippen MR) is 75.1 cm³/mol. The molecule has 0 aliphatic carbocycles. The van der Waals surface area contributed by atoms with Crippen LogP contribution in [0.15, 0.2) is 24.4 Å². The van der Waals surface area contributed by atoms with Crippen LogP contribution in [0.25, 0.3) is 11.1 Å². The largest absolute Gasteiger partial charge is 0.462 e. The van der Waals surface area contributed by atoms with E-state index in [1.807, 2.05) is 6.07 Å². The van der Waals surface area contributed by atoms with Gasteiger partial charge in [-0.1, -0.05) is 6.07 Å². The van der Waals surface area contributed by atoms with Gasteiger partial charge in [0.15, 0.2) is 0 Å². The first-order chi connectivity index (χ1) is 9.99. The first-order valence-corrected chi connectivity index (χ1v) is 6.12. The first kappa shape index (κ1) is 14.4. The Morgan fingerprint density at radius 3 is 2.81 bits per heavy atom. The van der Waals surface area contributed by atoms with Crippen molar-refractivity contribution in [2.75, 3.05) is 18.2 Å². The van der Waals surface area contributed by atoms with Gasteiger partial charge in [0.2, 0.25) is 0 Å². The number of hydrogen-bond donors (Lipinski definition) is 2. The number of hydrogen-bond acceptors (Lipinski definition) is 5. The van der Waals surface area contributed by atoms with Crippen molar-refractivity contribution in [1.82, 2.24) is 4.68 Å². The van der Waals surface area contributed by atoms with E-state index in [4.69, 9.17) is 16.3 Å². The molecule has 0 bridgehead atoms. The highest BCUT2D eigenvalue weighted by Crippen LogP contribution is 2.30. The summed E-state index contributed by atoms with van der Waals surface area (Å²) in [4.78, 5) is 12.0. The van der Waals surface area contributed by atoms with E-state index in [-0.39, 0.29) is 29.1 Å². The van der Waals surface area contributed by atoms with Gasteiger partial charge in [-0.2, -0.15) is 5.26 Å². The Morgan fingerprint density at radius 2 is 2.24 bits per heavy atom. The quantitative estimate of drug-likeness (QED) is 0.507. The minimum atomic E-state index is -0.643. The fourth-order valence-corrected chi connectivity index (χ4v) is 1.98. The highest BCUT2D eigenvalue weighted by molar-refractivity contribution is 5.99. The lowest BCUT2D eigenvalue weighted by Gasteiger charge is -2.06. The smallest absolute Gasteiger partial charge is 0.340 e. The molecule has 0 saturated carbocycles. The van der Waals surface area contributed by atoms with Crippen LogP contribution in [-0.2, 0) is 4.74 Å². The molecule has 108 valence electrons. The Hall–Kier alpha value is -3.01. The highest BCUT2D eigenvalue weighted by atomic mass is 19.1. The third-order valence-electron chi connectivity index (χ3n) is 2.92. The number of carbonyl (C=O) groups is 1. The molecule has 1 aromatic carbocycles. The molecule has 1 heterocycles. The number of aromatic nitrogens is 1. The van der Waals surface area contributed by atoms with Crippen molar-refractivity contribution < 1.29 is 13.9 Å². The Balaban J connectivity index is 2.68. The number of benzene rings is 1. The zero-order valence-corrected chi connectivity index (χ0v) is 11.3. The standard InChI is InChI=1S/C14H13FN4O2/c1-2-21-14(20)9-7-19(18)12(6-16)13(9)8-3-4-11(17)10(15)5-8/h3-5,7H,2,17-18H2,1H3. The van der Waals surface area contributed by atoms with Crippen molar-refractivity contribution >= 4 is 11.7 Å². The molecule has 0 unspecified atom stereocenters. The summed E-state index contributed by atoms with van der Waals surface area (Å²) in [5.74, 6) is 4.38. The van der Waals surface area contributed by atoms with Gasteiger partial charge in [0.05, 0.1) is 17.9 Å². The number of nitrogens with two attached hydrogens (primary N) is 2. The summed E-state index contributed by atoms with van der Waals surface area (Å²) in [6.07, 6.45) is 1.28. The van der Waals surface area contributed by atoms with Crippen LogP contribution in [0.2, 0.25) is 0 Å². The average Bonchev–Trinajstić information content (AvgIpc) is 2.79. The van der Waals surface area contributed by atoms with Crippen LogP contribution >= 0.6 is 0 Å². The van der Waals surface area contributed by atoms with Gasteiger partial charge in [0.25, 0.3) is 0 Å². The summed E-state index contributed by atoms with van der Waals surface area (Å²) in [5, 5.41) is 9.19. The molecule has 0 fully saturated rings. The molecule has 0 radical (unpaired) electrons. The Labute approximate surface area is 120 Å². The summed E-state index contributed by atoms with van der Waals surface area (Å²) >= 11 is 0. The van der Waals surface area contributed by atoms with Gasteiger partial charge in [0.1, 0.15) is 17.6 Å². The van der Waals surface area contributed by atoms with Crippen LogP contribution in [0.5, 0.6) is 0 Å². The highest BCUT2D eigenvalue weighted by Gasteiger charge is 2.23. The number of nitriles is 1. The van der Waals surface area contributed by atoms with Crippen LogP contribution in [-0.4, -0.2) is 17.3 Å². The summed E-state index contributed by atoms with van der Waals surface area (Å²) in [6.45, 7) is 1.83. The Bertz CT molecular complexity index is 746. The van der Waals surface area contributed by atoms with Crippen LogP contribution in [0.1, 0.15) is 23.0 Å². The molecule has 2 rings (SSSR count). The maximum atomic E-state index is 13.6. The lowest BCUT2D eigenvalue weighted by Crippen LogP contribution is -2.09. The molecule has 0 saturated heterocycles. The maximum Gasteiger partial charge on any atom is 0.340 e. The second-order valence-electron chi connectivity index (χ2n) is 4.24. The van der Waals surface area contributed by atoms with E-state index in [2.05, 4.69) is 0 Å². The zero-order valence-electron chi connectivity index (χ0n) is 11.3. The van der Waals surface area contributed by atoms with E-state index in [1.165, 1.54) is 18.3 Å². The van der Waals surface area contributed by atoms with Gasteiger partial charge in [-0.25, -0.2) is 9.18 Å². The van der Waals surface area contributed by atoms with E-state index in [0.717, 1.165) is 10.7 Å². The Morgan fingerprint density at radius 1 is 1.52 bits per heavy atom. The third-order valence-corrected chi connectivity index (χ3v) is 2.92. The van der Waals surface area contributed by atoms with Crippen molar-refractivity contribution in [1.29, 1.82) is 5.26 Å². The average molecular weight is 288 g/mol. The van der Waals surface area contributed by atoms with Crippen molar-refractivity contribution in [3.8, 4) is 17.2 Å². The van der Waals surface area contributed by atoms with Gasteiger partial charge in [-0.3, -0.25) is 4.68 Å². The van der Waals surface area contributed by atoms with E-state index in [9.17, 15) is 14.4 Å². The molecule has 4 N–H and O–H groups in total. The second kappa shape index (κ2) is 5.54. The van der Waals surface area contributed by atoms with E-state index in [1.54, 1.807) is 6.92 Å². The number of nitrogen functional groups attached to an aromatic ring is 2. The number of anilines is 1. The topological polar surface area (TPSA) is 107 Å². The predicted octanol–water partition coefficient (Wildman–Crippen LogP) is 1.64. The molecule has 6 nitrogen and oxygen atoms in total. The molecule has 0 amide bonds. The fraction of sp³-hybridized carbons (Fsp3) is 0.143. The lowest BCUT2D eigenvalue weighted by atomic mass is 10.0. The van der Waals surface area contributed by atoms with Gasteiger partial charge >= 0.3 is 5.97 Å². The van der Waals surface area contributed by atoms with Gasteiger partial charge < -0.3 is 16.3 Å². The summed E-state index contributed by atoms with van der Waals surface area (Å²) < 4.78 is 19.6. The molecular weight excluding hydrogens is 275 g/mol. The van der Waals surface area contributed by atoms with Gasteiger partial charge in [0, 0.05) is 11.8 Å². The molecule has 0 aliphatic rings. The number of nitrogens with zero attached hydrogens (tertiary/aromatic N) is 2. The van der Waals surface area contributed by atoms with Crippen LogP contribution in [0, 0.1) is 17.1 Å².